The summed E-state index contributed by atoms with van der Waals surface area (Å²) in [6, 6.07) is 1.37. The molecule has 0 fully saturated rings. The normalized spacial score (nSPS) is 10.4. The third kappa shape index (κ3) is 2.82. The van der Waals surface area contributed by atoms with Crippen LogP contribution in [0.1, 0.15) is 27.9 Å². The first kappa shape index (κ1) is 13.3. The van der Waals surface area contributed by atoms with Crippen molar-refractivity contribution in [1.82, 2.24) is 9.97 Å². The van der Waals surface area contributed by atoms with Crippen molar-refractivity contribution in [2.45, 2.75) is 20.3 Å². The number of nitrogens with zero attached hydrogens (tertiary/aromatic N) is 2. The number of aryl methyl sites for hydroxylation is 2. The summed E-state index contributed by atoms with van der Waals surface area (Å²) in [4.78, 5) is 20.4. The highest BCUT2D eigenvalue weighted by Crippen LogP contribution is 2.27. The average Bonchev–Trinajstić information content (AvgIpc) is 2.72. The fourth-order valence-electron chi connectivity index (χ4n) is 1.61. The summed E-state index contributed by atoms with van der Waals surface area (Å²) in [6.07, 6.45) is 2.13. The van der Waals surface area contributed by atoms with Crippen molar-refractivity contribution >= 4 is 33.9 Å². The molecule has 0 saturated heterocycles. The van der Waals surface area contributed by atoms with Crippen LogP contribution in [0.15, 0.2) is 12.3 Å². The molecule has 0 amide bonds. The second-order valence-corrected chi connectivity index (χ2v) is 5.17. The molecular formula is C12H14N4O2S. The molecule has 0 radical (unpaired) electrons. The maximum Gasteiger partial charge on any atom is 0.337 e. The van der Waals surface area contributed by atoms with E-state index in [1.165, 1.54) is 23.6 Å². The maximum absolute atomic E-state index is 10.8. The van der Waals surface area contributed by atoms with Crippen molar-refractivity contribution in [2.24, 2.45) is 0 Å². The summed E-state index contributed by atoms with van der Waals surface area (Å²) in [6.45, 7) is 4.05. The Balaban J connectivity index is 2.25. The molecule has 2 heterocycles. The van der Waals surface area contributed by atoms with Gasteiger partial charge in [0.2, 0.25) is 0 Å². The Morgan fingerprint density at radius 2 is 2.32 bits per heavy atom. The van der Waals surface area contributed by atoms with E-state index in [0.29, 0.717) is 10.9 Å². The minimum atomic E-state index is -1.05. The van der Waals surface area contributed by atoms with E-state index in [0.717, 1.165) is 17.0 Å². The molecule has 0 aliphatic rings. The van der Waals surface area contributed by atoms with Gasteiger partial charge in [-0.3, -0.25) is 0 Å². The first-order chi connectivity index (χ1) is 9.01. The molecule has 100 valence electrons. The predicted octanol–water partition coefficient (Wildman–Crippen LogP) is 2.43. The van der Waals surface area contributed by atoms with Gasteiger partial charge in [-0.05, 0) is 19.4 Å². The molecule has 0 spiro atoms. The van der Waals surface area contributed by atoms with Crippen molar-refractivity contribution in [1.29, 1.82) is 0 Å². The largest absolute Gasteiger partial charge is 0.478 e. The molecule has 0 aliphatic carbocycles. The van der Waals surface area contributed by atoms with E-state index in [1.807, 2.05) is 13.8 Å². The molecule has 4 N–H and O–H groups in total. The molecule has 0 saturated carbocycles. The van der Waals surface area contributed by atoms with Crippen molar-refractivity contribution in [2.75, 3.05) is 11.1 Å². The smallest absolute Gasteiger partial charge is 0.337 e. The van der Waals surface area contributed by atoms with E-state index in [-0.39, 0.29) is 11.3 Å². The molecule has 0 aromatic carbocycles. The van der Waals surface area contributed by atoms with Gasteiger partial charge >= 0.3 is 5.97 Å². The van der Waals surface area contributed by atoms with Gasteiger partial charge in [0.05, 0.1) is 16.9 Å². The Hall–Kier alpha value is -2.15. The number of rotatable bonds is 4. The summed E-state index contributed by atoms with van der Waals surface area (Å²) < 4.78 is 0. The molecule has 7 heteroatoms. The highest BCUT2D eigenvalue weighted by atomic mass is 32.1. The number of nitrogens with one attached hydrogen (secondary N) is 1. The van der Waals surface area contributed by atoms with Gasteiger partial charge in [-0.15, -0.1) is 11.3 Å². The van der Waals surface area contributed by atoms with Gasteiger partial charge in [0.1, 0.15) is 0 Å². The van der Waals surface area contributed by atoms with Crippen LogP contribution in [0.5, 0.6) is 0 Å². The predicted molar refractivity (Wildman–Crippen MR) is 75.1 cm³/mol. The summed E-state index contributed by atoms with van der Waals surface area (Å²) in [5.41, 5.74) is 7.15. The van der Waals surface area contributed by atoms with E-state index in [2.05, 4.69) is 15.3 Å². The molecule has 2 aromatic heterocycles. The van der Waals surface area contributed by atoms with Crippen molar-refractivity contribution in [3.63, 3.8) is 0 Å². The summed E-state index contributed by atoms with van der Waals surface area (Å²) >= 11 is 1.52. The van der Waals surface area contributed by atoms with E-state index in [1.54, 1.807) is 0 Å². The molecular weight excluding hydrogens is 264 g/mol. The van der Waals surface area contributed by atoms with E-state index in [9.17, 15) is 4.79 Å². The maximum atomic E-state index is 10.8. The zero-order valence-electron chi connectivity index (χ0n) is 10.6. The number of thiazole rings is 1. The number of carboxylic acids is 1. The summed E-state index contributed by atoms with van der Waals surface area (Å²) in [5.74, 6) is -0.634. The van der Waals surface area contributed by atoms with Crippen LogP contribution in [-0.4, -0.2) is 21.0 Å². The quantitative estimate of drug-likeness (QED) is 0.794. The SMILES string of the molecule is CCc1nc(Nc2ncc(C(=O)O)cc2N)sc1C. The highest BCUT2D eigenvalue weighted by Gasteiger charge is 2.11. The van der Waals surface area contributed by atoms with Gasteiger partial charge in [0.25, 0.3) is 0 Å². The van der Waals surface area contributed by atoms with Crippen LogP contribution in [0.25, 0.3) is 0 Å². The summed E-state index contributed by atoms with van der Waals surface area (Å²) in [7, 11) is 0. The highest BCUT2D eigenvalue weighted by molar-refractivity contribution is 7.15. The fourth-order valence-corrected chi connectivity index (χ4v) is 2.52. The lowest BCUT2D eigenvalue weighted by Gasteiger charge is -2.05. The van der Waals surface area contributed by atoms with E-state index >= 15 is 0 Å². The van der Waals surface area contributed by atoms with Gasteiger partial charge < -0.3 is 16.2 Å². The number of nitrogen functional groups attached to an aromatic ring is 1. The lowest BCUT2D eigenvalue weighted by molar-refractivity contribution is 0.0696. The Labute approximate surface area is 114 Å². The van der Waals surface area contributed by atoms with Crippen LogP contribution in [0.3, 0.4) is 0 Å². The van der Waals surface area contributed by atoms with Crippen LogP contribution in [0, 0.1) is 6.92 Å². The molecule has 0 atom stereocenters. The van der Waals surface area contributed by atoms with Gasteiger partial charge in [0, 0.05) is 11.1 Å². The number of aromatic carboxylic acids is 1. The third-order valence-electron chi connectivity index (χ3n) is 2.62. The number of anilines is 3. The average molecular weight is 278 g/mol. The van der Waals surface area contributed by atoms with Crippen LogP contribution in [0.2, 0.25) is 0 Å². The van der Waals surface area contributed by atoms with Gasteiger partial charge in [-0.25, -0.2) is 14.8 Å². The first-order valence-corrected chi connectivity index (χ1v) is 6.55. The molecule has 0 bridgehead atoms. The van der Waals surface area contributed by atoms with Crippen molar-refractivity contribution in [3.05, 3.63) is 28.4 Å². The van der Waals surface area contributed by atoms with Gasteiger partial charge in [-0.1, -0.05) is 6.92 Å². The number of pyridine rings is 1. The van der Waals surface area contributed by atoms with Crippen LogP contribution in [-0.2, 0) is 6.42 Å². The second kappa shape index (κ2) is 5.23. The Kier molecular flexibility index (Phi) is 3.66. The van der Waals surface area contributed by atoms with Gasteiger partial charge in [-0.2, -0.15) is 0 Å². The molecule has 2 rings (SSSR count). The van der Waals surface area contributed by atoms with Crippen molar-refractivity contribution in [3.8, 4) is 0 Å². The van der Waals surface area contributed by atoms with Gasteiger partial charge in [0.15, 0.2) is 10.9 Å². The monoisotopic (exact) mass is 278 g/mol. The number of nitrogens with two attached hydrogens (primary N) is 1. The fraction of sp³-hybridized carbons (Fsp3) is 0.250. The van der Waals surface area contributed by atoms with E-state index < -0.39 is 5.97 Å². The van der Waals surface area contributed by atoms with Crippen molar-refractivity contribution < 1.29 is 9.90 Å². The van der Waals surface area contributed by atoms with E-state index in [4.69, 9.17) is 10.8 Å². The lowest BCUT2D eigenvalue weighted by Crippen LogP contribution is -2.03. The number of hydrogen-bond acceptors (Lipinski definition) is 6. The zero-order chi connectivity index (χ0) is 14.0. The number of aromatic nitrogens is 2. The third-order valence-corrected chi connectivity index (χ3v) is 3.55. The topological polar surface area (TPSA) is 101 Å². The molecule has 0 aliphatic heterocycles. The minimum Gasteiger partial charge on any atom is -0.478 e. The molecule has 2 aromatic rings. The lowest BCUT2D eigenvalue weighted by atomic mass is 10.2. The molecule has 6 nitrogen and oxygen atoms in total. The Bertz CT molecular complexity index is 624. The second-order valence-electron chi connectivity index (χ2n) is 3.97. The zero-order valence-corrected chi connectivity index (χ0v) is 11.4. The minimum absolute atomic E-state index is 0.0626. The number of carbonyl (C=O) groups is 1. The first-order valence-electron chi connectivity index (χ1n) is 5.73. The Morgan fingerprint density at radius 1 is 1.58 bits per heavy atom. The standard InChI is InChI=1S/C12H14N4O2S/c1-3-9-6(2)19-12(15-9)16-10-8(13)4-7(5-14-10)11(17)18/h4-5H,3,13H2,1-2H3,(H,17,18)(H,14,15,16). The molecule has 0 unspecified atom stereocenters. The van der Waals surface area contributed by atoms with Crippen LogP contribution < -0.4 is 11.1 Å². The van der Waals surface area contributed by atoms with Crippen LogP contribution in [0.4, 0.5) is 16.6 Å². The Morgan fingerprint density at radius 3 is 2.84 bits per heavy atom. The number of hydrogen-bond donors (Lipinski definition) is 3. The summed E-state index contributed by atoms with van der Waals surface area (Å²) in [5, 5.41) is 12.6. The van der Waals surface area contributed by atoms with Crippen LogP contribution >= 0.6 is 11.3 Å². The number of carboxylic acid groups (broad SMARTS) is 1. The molecule has 19 heavy (non-hydrogen) atoms.